The van der Waals surface area contributed by atoms with Crippen molar-refractivity contribution in [2.24, 2.45) is 11.1 Å². The fourth-order valence-corrected chi connectivity index (χ4v) is 4.89. The number of benzene rings is 1. The molecule has 2 N–H and O–H groups in total. The lowest BCUT2D eigenvalue weighted by atomic mass is 9.91. The quantitative estimate of drug-likeness (QED) is 0.164. The highest BCUT2D eigenvalue weighted by Crippen LogP contribution is 2.39. The molecule has 9 nitrogen and oxygen atoms in total. The van der Waals surface area contributed by atoms with Crippen LogP contribution in [0.2, 0.25) is 0 Å². The number of rotatable bonds is 9. The van der Waals surface area contributed by atoms with Gasteiger partial charge >= 0.3 is 12.1 Å². The zero-order valence-electron chi connectivity index (χ0n) is 23.5. The second-order valence-corrected chi connectivity index (χ2v) is 11.1. The van der Waals surface area contributed by atoms with Crippen LogP contribution in [0.3, 0.4) is 0 Å². The monoisotopic (exact) mass is 588 g/mol. The molecule has 1 fully saturated rings. The Balaban J connectivity index is 1.41. The molecule has 1 saturated heterocycles. The maximum atomic E-state index is 14.7. The number of likely N-dealkylation sites (tertiary alicyclic amines) is 1. The van der Waals surface area contributed by atoms with E-state index in [-0.39, 0.29) is 55.5 Å². The second-order valence-electron chi connectivity index (χ2n) is 11.1. The first-order valence-electron chi connectivity index (χ1n) is 13.7. The van der Waals surface area contributed by atoms with Gasteiger partial charge < -0.3 is 15.2 Å². The largest absolute Gasteiger partial charge is 0.487 e. The van der Waals surface area contributed by atoms with Gasteiger partial charge in [-0.2, -0.15) is 13.2 Å². The van der Waals surface area contributed by atoms with E-state index in [4.69, 9.17) is 15.2 Å². The van der Waals surface area contributed by atoms with Crippen LogP contribution in [0.1, 0.15) is 45.2 Å². The number of alkyl halides is 3. The Morgan fingerprint density at radius 2 is 1.93 bits per heavy atom. The zero-order valence-corrected chi connectivity index (χ0v) is 23.5. The number of fused-ring (bicyclic) bond motifs is 2. The summed E-state index contributed by atoms with van der Waals surface area (Å²) >= 11 is 0. The number of halogens is 4. The number of hydrogen-bond acceptors (Lipinski definition) is 8. The summed E-state index contributed by atoms with van der Waals surface area (Å²) in [6.07, 6.45) is -2.04. The standard InChI is InChI=1S/C29H32F4N6O3/c1-4-28(2,3)27(40)42-12-11-41-23-14-22-17(13-20(23)30)5-7-21(35-22)26-37-36-24-8-6-18(15-39(24)26)25(29(31,32)33)38-10-9-19(34)16-38/h5-8,13-15,19,25H,4,9-12,16,34H2,1-3H3/t19-,25+/m0/s1. The SMILES string of the molecule is CCC(C)(C)C(=O)OCCOc1cc2nc(-c3nnc4ccc([C@@H](N5CC[C@H](N)C5)C(F)(F)F)cn34)ccc2cc1F. The van der Waals surface area contributed by atoms with Gasteiger partial charge in [0.1, 0.15) is 24.9 Å². The van der Waals surface area contributed by atoms with Crippen LogP contribution < -0.4 is 10.5 Å². The van der Waals surface area contributed by atoms with Crippen molar-refractivity contribution in [3.63, 3.8) is 0 Å². The van der Waals surface area contributed by atoms with Crippen molar-refractivity contribution in [2.75, 3.05) is 26.3 Å². The average Bonchev–Trinajstić information content (AvgIpc) is 3.56. The third-order valence-corrected chi connectivity index (χ3v) is 7.65. The molecule has 3 aromatic heterocycles. The van der Waals surface area contributed by atoms with Crippen LogP contribution in [0.25, 0.3) is 28.1 Å². The molecule has 0 spiro atoms. The third-order valence-electron chi connectivity index (χ3n) is 7.65. The minimum Gasteiger partial charge on any atom is -0.487 e. The molecule has 0 bridgehead atoms. The lowest BCUT2D eigenvalue weighted by molar-refractivity contribution is -0.183. The van der Waals surface area contributed by atoms with E-state index in [1.54, 1.807) is 26.0 Å². The smallest absolute Gasteiger partial charge is 0.408 e. The number of nitrogens with two attached hydrogens (primary N) is 1. The fraction of sp³-hybridized carbons (Fsp3) is 0.448. The predicted octanol–water partition coefficient (Wildman–Crippen LogP) is 5.08. The Labute approximate surface area is 239 Å². The first-order chi connectivity index (χ1) is 19.9. The van der Waals surface area contributed by atoms with E-state index in [1.807, 2.05) is 6.92 Å². The van der Waals surface area contributed by atoms with Gasteiger partial charge in [0.25, 0.3) is 0 Å². The molecule has 0 amide bonds. The molecule has 4 aromatic rings. The first-order valence-corrected chi connectivity index (χ1v) is 13.7. The fourth-order valence-electron chi connectivity index (χ4n) is 4.89. The van der Waals surface area contributed by atoms with Crippen molar-refractivity contribution in [3.05, 3.63) is 54.0 Å². The minimum absolute atomic E-state index is 0.0340. The van der Waals surface area contributed by atoms with Gasteiger partial charge in [-0.15, -0.1) is 10.2 Å². The van der Waals surface area contributed by atoms with Gasteiger partial charge in [0.2, 0.25) is 0 Å². The van der Waals surface area contributed by atoms with Crippen molar-refractivity contribution in [3.8, 4) is 17.3 Å². The molecule has 0 aliphatic carbocycles. The second kappa shape index (κ2) is 11.4. The zero-order chi connectivity index (χ0) is 30.2. The van der Waals surface area contributed by atoms with E-state index in [0.29, 0.717) is 35.1 Å². The van der Waals surface area contributed by atoms with Gasteiger partial charge in [-0.25, -0.2) is 9.37 Å². The summed E-state index contributed by atoms with van der Waals surface area (Å²) in [5.74, 6) is -0.837. The molecule has 0 radical (unpaired) electrons. The van der Waals surface area contributed by atoms with E-state index in [1.165, 1.54) is 39.8 Å². The van der Waals surface area contributed by atoms with Gasteiger partial charge in [-0.05, 0) is 50.5 Å². The van der Waals surface area contributed by atoms with E-state index < -0.39 is 23.5 Å². The highest BCUT2D eigenvalue weighted by molar-refractivity contribution is 5.82. The first kappa shape index (κ1) is 29.6. The van der Waals surface area contributed by atoms with Crippen molar-refractivity contribution < 1.29 is 31.8 Å². The summed E-state index contributed by atoms with van der Waals surface area (Å²) in [4.78, 5) is 18.1. The Morgan fingerprint density at radius 3 is 2.62 bits per heavy atom. The third kappa shape index (κ3) is 6.02. The summed E-state index contributed by atoms with van der Waals surface area (Å²) in [7, 11) is 0. The number of aromatic nitrogens is 4. The molecule has 42 heavy (non-hydrogen) atoms. The molecular formula is C29H32F4N6O3. The maximum Gasteiger partial charge on any atom is 0.408 e. The molecule has 2 atom stereocenters. The van der Waals surface area contributed by atoms with Crippen molar-refractivity contribution >= 4 is 22.5 Å². The Bertz CT molecular complexity index is 1610. The molecule has 13 heteroatoms. The average molecular weight is 589 g/mol. The molecule has 1 aromatic carbocycles. The van der Waals surface area contributed by atoms with Crippen LogP contribution in [0, 0.1) is 11.2 Å². The molecule has 4 heterocycles. The Kier molecular flexibility index (Phi) is 8.08. The number of esters is 1. The van der Waals surface area contributed by atoms with Crippen molar-refractivity contribution in [1.29, 1.82) is 0 Å². The molecule has 0 saturated carbocycles. The lowest BCUT2D eigenvalue weighted by Gasteiger charge is -2.30. The molecule has 1 aliphatic heterocycles. The number of hydrogen-bond donors (Lipinski definition) is 1. The van der Waals surface area contributed by atoms with Crippen LogP contribution in [-0.2, 0) is 9.53 Å². The van der Waals surface area contributed by atoms with Crippen molar-refractivity contribution in [1.82, 2.24) is 24.5 Å². The van der Waals surface area contributed by atoms with Gasteiger partial charge in [-0.3, -0.25) is 14.1 Å². The number of carbonyl (C=O) groups excluding carboxylic acids is 1. The number of carbonyl (C=O) groups is 1. The summed E-state index contributed by atoms with van der Waals surface area (Å²) in [5.41, 5.74) is 6.35. The summed E-state index contributed by atoms with van der Waals surface area (Å²) in [6.45, 7) is 5.71. The van der Waals surface area contributed by atoms with Crippen LogP contribution in [0.5, 0.6) is 5.75 Å². The molecular weight excluding hydrogens is 556 g/mol. The molecule has 0 unspecified atom stereocenters. The van der Waals surface area contributed by atoms with Crippen molar-refractivity contribution in [2.45, 2.75) is 51.9 Å². The van der Waals surface area contributed by atoms with Gasteiger partial charge in [0.15, 0.2) is 23.0 Å². The van der Waals surface area contributed by atoms with Crippen LogP contribution >= 0.6 is 0 Å². The number of pyridine rings is 2. The summed E-state index contributed by atoms with van der Waals surface area (Å²) in [6, 6.07) is 6.65. The molecule has 224 valence electrons. The van der Waals surface area contributed by atoms with Gasteiger partial charge in [0.05, 0.1) is 10.9 Å². The van der Waals surface area contributed by atoms with E-state index in [2.05, 4.69) is 15.2 Å². The van der Waals surface area contributed by atoms with E-state index in [9.17, 15) is 22.4 Å². The maximum absolute atomic E-state index is 14.7. The minimum atomic E-state index is -4.52. The van der Waals surface area contributed by atoms with Crippen LogP contribution in [-0.4, -0.2) is 69.0 Å². The van der Waals surface area contributed by atoms with Crippen LogP contribution in [0.4, 0.5) is 17.6 Å². The van der Waals surface area contributed by atoms with E-state index >= 15 is 0 Å². The number of nitrogens with zero attached hydrogens (tertiary/aromatic N) is 5. The number of ether oxygens (including phenoxy) is 2. The summed E-state index contributed by atoms with van der Waals surface area (Å²) in [5, 5.41) is 8.75. The van der Waals surface area contributed by atoms with Crippen LogP contribution in [0.15, 0.2) is 42.6 Å². The van der Waals surface area contributed by atoms with Gasteiger partial charge in [0, 0.05) is 36.8 Å². The Hall–Kier alpha value is -3.84. The molecule has 5 rings (SSSR count). The van der Waals surface area contributed by atoms with Gasteiger partial charge in [-0.1, -0.05) is 19.1 Å². The molecule has 1 aliphatic rings. The topological polar surface area (TPSA) is 108 Å². The van der Waals surface area contributed by atoms with E-state index in [0.717, 1.165) is 0 Å². The highest BCUT2D eigenvalue weighted by atomic mass is 19.4. The predicted molar refractivity (Wildman–Crippen MR) is 147 cm³/mol. The highest BCUT2D eigenvalue weighted by Gasteiger charge is 2.46. The lowest BCUT2D eigenvalue weighted by Crippen LogP contribution is -2.38. The summed E-state index contributed by atoms with van der Waals surface area (Å²) < 4.78 is 69.5. The normalized spacial score (nSPS) is 17.2. The Morgan fingerprint density at radius 1 is 1.14 bits per heavy atom.